The number of halogens is 1. The molecule has 0 atom stereocenters. The zero-order chi connectivity index (χ0) is 14.6. The molecule has 0 spiro atoms. The first-order chi connectivity index (χ1) is 9.74. The van der Waals surface area contributed by atoms with E-state index in [4.69, 9.17) is 16.3 Å². The topological polar surface area (TPSA) is 26.3 Å². The third kappa shape index (κ3) is 7.34. The van der Waals surface area contributed by atoms with Crippen LogP contribution in [-0.2, 0) is 0 Å². The fraction of sp³-hybridized carbons (Fsp3) is 0.471. The molecule has 3 heteroatoms. The van der Waals surface area contributed by atoms with E-state index in [0.717, 1.165) is 25.2 Å². The number of unbranched alkanes of at least 4 members (excludes halogenated alkanes) is 6. The molecule has 0 amide bonds. The molecular formula is C17H23ClO2. The Morgan fingerprint density at radius 2 is 1.65 bits per heavy atom. The molecule has 20 heavy (non-hydrogen) atoms. The summed E-state index contributed by atoms with van der Waals surface area (Å²) in [6.07, 6.45) is 10.5. The van der Waals surface area contributed by atoms with Gasteiger partial charge in [0.2, 0.25) is 0 Å². The molecule has 2 nitrogen and oxygen atoms in total. The Kier molecular flexibility index (Phi) is 8.81. The van der Waals surface area contributed by atoms with Gasteiger partial charge in [0.15, 0.2) is 0 Å². The number of carbonyl (C=O) groups excluding carboxylic acids is 1. The predicted octanol–water partition coefficient (Wildman–Crippen LogP) is 5.36. The monoisotopic (exact) mass is 294 g/mol. The average Bonchev–Trinajstić information content (AvgIpc) is 2.46. The fourth-order valence-corrected chi connectivity index (χ4v) is 2.10. The summed E-state index contributed by atoms with van der Waals surface area (Å²) < 4.78 is 5.62. The van der Waals surface area contributed by atoms with Crippen LogP contribution in [0.1, 0.15) is 55.3 Å². The van der Waals surface area contributed by atoms with Crippen LogP contribution in [0.4, 0.5) is 0 Å². The largest absolute Gasteiger partial charge is 0.494 e. The highest BCUT2D eigenvalue weighted by atomic mass is 35.5. The third-order valence-electron chi connectivity index (χ3n) is 3.15. The van der Waals surface area contributed by atoms with Gasteiger partial charge in [0.05, 0.1) is 6.61 Å². The molecule has 0 aliphatic rings. The number of rotatable bonds is 11. The minimum Gasteiger partial charge on any atom is -0.494 e. The van der Waals surface area contributed by atoms with Crippen LogP contribution >= 0.6 is 11.6 Å². The second kappa shape index (κ2) is 10.5. The maximum atomic E-state index is 10.9. The molecule has 0 unspecified atom stereocenters. The lowest BCUT2D eigenvalue weighted by Crippen LogP contribution is -1.98. The molecule has 110 valence electrons. The first kappa shape index (κ1) is 16.8. The van der Waals surface area contributed by atoms with Gasteiger partial charge in [-0.25, -0.2) is 0 Å². The van der Waals surface area contributed by atoms with Gasteiger partial charge in [-0.1, -0.05) is 31.8 Å². The van der Waals surface area contributed by atoms with Crippen molar-refractivity contribution < 1.29 is 9.53 Å². The molecular weight excluding hydrogens is 272 g/mol. The summed E-state index contributed by atoms with van der Waals surface area (Å²) in [5.74, 6) is 0.789. The molecule has 0 aromatic heterocycles. The fourth-order valence-electron chi connectivity index (χ4n) is 1.97. The number of ether oxygens (including phenoxy) is 1. The molecule has 1 aromatic carbocycles. The van der Waals surface area contributed by atoms with Gasteiger partial charge >= 0.3 is 0 Å². The molecule has 1 aromatic rings. The predicted molar refractivity (Wildman–Crippen MR) is 84.6 cm³/mol. The molecule has 0 saturated carbocycles. The lowest BCUT2D eigenvalue weighted by atomic mass is 10.1. The highest BCUT2D eigenvalue weighted by molar-refractivity contribution is 6.67. The van der Waals surface area contributed by atoms with Crippen LogP contribution in [-0.4, -0.2) is 11.8 Å². The van der Waals surface area contributed by atoms with Crippen molar-refractivity contribution in [2.24, 2.45) is 0 Å². The quantitative estimate of drug-likeness (QED) is 0.312. The second-order valence-corrected chi connectivity index (χ2v) is 5.19. The first-order valence-electron chi connectivity index (χ1n) is 7.27. The van der Waals surface area contributed by atoms with E-state index in [-0.39, 0.29) is 0 Å². The summed E-state index contributed by atoms with van der Waals surface area (Å²) in [6.45, 7) is 4.44. The van der Waals surface area contributed by atoms with Crippen LogP contribution in [0.2, 0.25) is 0 Å². The smallest absolute Gasteiger partial charge is 0.252 e. The van der Waals surface area contributed by atoms with E-state index in [2.05, 4.69) is 6.58 Å². The van der Waals surface area contributed by atoms with Gasteiger partial charge in [0.25, 0.3) is 5.24 Å². The lowest BCUT2D eigenvalue weighted by molar-refractivity contribution is 0.108. The Morgan fingerprint density at radius 1 is 1.05 bits per heavy atom. The molecule has 0 fully saturated rings. The molecule has 0 aliphatic heterocycles. The maximum absolute atomic E-state index is 10.9. The van der Waals surface area contributed by atoms with E-state index in [1.807, 2.05) is 6.08 Å². The summed E-state index contributed by atoms with van der Waals surface area (Å²) in [5.41, 5.74) is 0.499. The Bertz CT molecular complexity index is 398. The van der Waals surface area contributed by atoms with Crippen LogP contribution in [0.5, 0.6) is 5.75 Å². The average molecular weight is 295 g/mol. The van der Waals surface area contributed by atoms with Crippen LogP contribution in [0.25, 0.3) is 0 Å². The summed E-state index contributed by atoms with van der Waals surface area (Å²) in [6, 6.07) is 6.93. The van der Waals surface area contributed by atoms with E-state index >= 15 is 0 Å². The summed E-state index contributed by atoms with van der Waals surface area (Å²) in [7, 11) is 0. The zero-order valence-corrected chi connectivity index (χ0v) is 12.7. The highest BCUT2D eigenvalue weighted by Crippen LogP contribution is 2.14. The third-order valence-corrected chi connectivity index (χ3v) is 3.37. The maximum Gasteiger partial charge on any atom is 0.252 e. The summed E-state index contributed by atoms with van der Waals surface area (Å²) in [5, 5.41) is -0.437. The van der Waals surface area contributed by atoms with E-state index in [0.29, 0.717) is 5.56 Å². The first-order valence-corrected chi connectivity index (χ1v) is 7.65. The van der Waals surface area contributed by atoms with E-state index in [9.17, 15) is 4.79 Å². The van der Waals surface area contributed by atoms with E-state index in [1.54, 1.807) is 24.3 Å². The Balaban J connectivity index is 2.03. The number of allylic oxidation sites excluding steroid dienone is 1. The molecule has 0 bridgehead atoms. The van der Waals surface area contributed by atoms with Crippen LogP contribution in [0, 0.1) is 0 Å². The Morgan fingerprint density at radius 3 is 2.25 bits per heavy atom. The van der Waals surface area contributed by atoms with Gasteiger partial charge in [0, 0.05) is 5.56 Å². The molecule has 1 rings (SSSR count). The number of hydrogen-bond acceptors (Lipinski definition) is 2. The van der Waals surface area contributed by atoms with Gasteiger partial charge in [-0.05, 0) is 55.1 Å². The van der Waals surface area contributed by atoms with Gasteiger partial charge in [0.1, 0.15) is 5.75 Å². The highest BCUT2D eigenvalue weighted by Gasteiger charge is 2.01. The van der Waals surface area contributed by atoms with Crippen molar-refractivity contribution in [1.82, 2.24) is 0 Å². The molecule has 0 heterocycles. The summed E-state index contributed by atoms with van der Waals surface area (Å²) >= 11 is 5.38. The number of carbonyl (C=O) groups is 1. The van der Waals surface area contributed by atoms with Crippen molar-refractivity contribution in [3.8, 4) is 5.75 Å². The molecule has 0 saturated heterocycles. The Hall–Kier alpha value is -1.28. The van der Waals surface area contributed by atoms with Gasteiger partial charge in [-0.15, -0.1) is 6.58 Å². The van der Waals surface area contributed by atoms with E-state index < -0.39 is 5.24 Å². The molecule has 0 N–H and O–H groups in total. The normalized spacial score (nSPS) is 10.2. The standard InChI is InChI=1S/C17H23ClO2/c1-2-3-4-5-6-7-8-9-14-20-16-12-10-15(11-13-16)17(18)19/h2,10-13H,1,3-9,14H2. The van der Waals surface area contributed by atoms with Crippen LogP contribution in [0.3, 0.4) is 0 Å². The van der Waals surface area contributed by atoms with Crippen molar-refractivity contribution in [1.29, 1.82) is 0 Å². The van der Waals surface area contributed by atoms with Crippen LogP contribution < -0.4 is 4.74 Å². The van der Waals surface area contributed by atoms with Gasteiger partial charge in [-0.3, -0.25) is 4.79 Å². The van der Waals surface area contributed by atoms with Crippen molar-refractivity contribution in [3.63, 3.8) is 0 Å². The minimum absolute atomic E-state index is 0.437. The van der Waals surface area contributed by atoms with Crippen molar-refractivity contribution in [3.05, 3.63) is 42.5 Å². The second-order valence-electron chi connectivity index (χ2n) is 4.85. The van der Waals surface area contributed by atoms with Crippen molar-refractivity contribution >= 4 is 16.8 Å². The molecule has 0 aliphatic carbocycles. The lowest BCUT2D eigenvalue weighted by Gasteiger charge is -2.06. The van der Waals surface area contributed by atoms with Gasteiger partial charge in [-0.2, -0.15) is 0 Å². The minimum atomic E-state index is -0.437. The van der Waals surface area contributed by atoms with E-state index in [1.165, 1.54) is 32.1 Å². The number of benzene rings is 1. The molecule has 0 radical (unpaired) electrons. The van der Waals surface area contributed by atoms with Crippen molar-refractivity contribution in [2.45, 2.75) is 44.9 Å². The van der Waals surface area contributed by atoms with Crippen LogP contribution in [0.15, 0.2) is 36.9 Å². The van der Waals surface area contributed by atoms with Crippen molar-refractivity contribution in [2.75, 3.05) is 6.61 Å². The number of hydrogen-bond donors (Lipinski definition) is 0. The van der Waals surface area contributed by atoms with Gasteiger partial charge < -0.3 is 4.74 Å². The zero-order valence-electron chi connectivity index (χ0n) is 11.9. The Labute approximate surface area is 126 Å². The SMILES string of the molecule is C=CCCCCCCCCOc1ccc(C(=O)Cl)cc1. The summed E-state index contributed by atoms with van der Waals surface area (Å²) in [4.78, 5) is 10.9.